The summed E-state index contributed by atoms with van der Waals surface area (Å²) in [7, 11) is 0. The fourth-order valence-corrected chi connectivity index (χ4v) is 2.46. The van der Waals surface area contributed by atoms with Crippen molar-refractivity contribution < 1.29 is 23.5 Å². The monoisotopic (exact) mass is 384 g/mol. The van der Waals surface area contributed by atoms with Gasteiger partial charge >= 0.3 is 5.97 Å². The van der Waals surface area contributed by atoms with Gasteiger partial charge in [0.1, 0.15) is 12.4 Å². The molecule has 2 amide bonds. The Labute approximate surface area is 162 Å². The molecule has 0 aliphatic rings. The van der Waals surface area contributed by atoms with Crippen molar-refractivity contribution in [2.24, 2.45) is 0 Å². The van der Waals surface area contributed by atoms with Gasteiger partial charge in [-0.15, -0.1) is 0 Å². The second-order valence-electron chi connectivity index (χ2n) is 5.77. The van der Waals surface area contributed by atoms with Crippen molar-refractivity contribution >= 4 is 23.5 Å². The average molecular weight is 384 g/mol. The van der Waals surface area contributed by atoms with Crippen molar-refractivity contribution in [3.63, 3.8) is 0 Å². The zero-order chi connectivity index (χ0) is 20.5. The predicted octanol–water partition coefficient (Wildman–Crippen LogP) is 2.84. The number of ether oxygens (including phenoxy) is 1. The Morgan fingerprint density at radius 3 is 2.43 bits per heavy atom. The molecule has 0 spiro atoms. The Hall–Kier alpha value is -3.48. The standard InChI is InChI=1S/C21H21FN2O4/c1-3-19(25)23-13-15-9-11-16(12-10-15)21(27)24(14-20(26)28-4-2)18-8-6-5-7-17(18)22/h3,5-12H,1,4,13-14H2,2H3,(H,23,25). The van der Waals surface area contributed by atoms with E-state index in [2.05, 4.69) is 11.9 Å². The summed E-state index contributed by atoms with van der Waals surface area (Å²) in [5.41, 5.74) is 1.03. The van der Waals surface area contributed by atoms with E-state index in [0.717, 1.165) is 10.5 Å². The van der Waals surface area contributed by atoms with Crippen LogP contribution in [0.3, 0.4) is 0 Å². The molecule has 0 fully saturated rings. The minimum Gasteiger partial charge on any atom is -0.465 e. The van der Waals surface area contributed by atoms with Gasteiger partial charge < -0.3 is 10.1 Å². The lowest BCUT2D eigenvalue weighted by molar-refractivity contribution is -0.141. The largest absolute Gasteiger partial charge is 0.465 e. The number of carbonyl (C=O) groups is 3. The topological polar surface area (TPSA) is 75.7 Å². The summed E-state index contributed by atoms with van der Waals surface area (Å²) in [6.45, 7) is 5.04. The van der Waals surface area contributed by atoms with Crippen LogP contribution in [0.1, 0.15) is 22.8 Å². The predicted molar refractivity (Wildman–Crippen MR) is 103 cm³/mol. The van der Waals surface area contributed by atoms with E-state index < -0.39 is 24.2 Å². The number of amides is 2. The third-order valence-corrected chi connectivity index (χ3v) is 3.83. The molecule has 0 saturated heterocycles. The molecule has 28 heavy (non-hydrogen) atoms. The van der Waals surface area contributed by atoms with Crippen molar-refractivity contribution in [1.29, 1.82) is 0 Å². The highest BCUT2D eigenvalue weighted by molar-refractivity contribution is 6.08. The van der Waals surface area contributed by atoms with Gasteiger partial charge in [0.25, 0.3) is 5.91 Å². The summed E-state index contributed by atoms with van der Waals surface area (Å²) in [6, 6.07) is 12.2. The molecule has 0 saturated carbocycles. The molecular weight excluding hydrogens is 363 g/mol. The van der Waals surface area contributed by atoms with E-state index in [1.165, 1.54) is 24.3 Å². The first kappa shape index (κ1) is 20.8. The summed E-state index contributed by atoms with van der Waals surface area (Å²) < 4.78 is 19.1. The van der Waals surface area contributed by atoms with Gasteiger partial charge in [0.15, 0.2) is 0 Å². The van der Waals surface area contributed by atoms with Gasteiger partial charge in [0.2, 0.25) is 5.91 Å². The summed E-state index contributed by atoms with van der Waals surface area (Å²) >= 11 is 0. The molecule has 0 radical (unpaired) electrons. The first-order chi connectivity index (χ1) is 13.5. The third-order valence-electron chi connectivity index (χ3n) is 3.83. The van der Waals surface area contributed by atoms with Crippen LogP contribution in [0, 0.1) is 5.82 Å². The van der Waals surface area contributed by atoms with Crippen molar-refractivity contribution in [2.45, 2.75) is 13.5 Å². The molecule has 0 aliphatic carbocycles. The van der Waals surface area contributed by atoms with Crippen LogP contribution in [0.2, 0.25) is 0 Å². The first-order valence-electron chi connectivity index (χ1n) is 8.67. The number of benzene rings is 2. The van der Waals surface area contributed by atoms with Crippen molar-refractivity contribution in [1.82, 2.24) is 5.32 Å². The quantitative estimate of drug-likeness (QED) is 0.561. The van der Waals surface area contributed by atoms with Crippen LogP contribution in [-0.2, 0) is 20.9 Å². The molecule has 2 rings (SSSR count). The molecule has 146 valence electrons. The molecule has 0 bridgehead atoms. The molecule has 6 nitrogen and oxygen atoms in total. The maximum Gasteiger partial charge on any atom is 0.326 e. The van der Waals surface area contributed by atoms with Crippen LogP contribution < -0.4 is 10.2 Å². The number of halogens is 1. The number of nitrogens with one attached hydrogen (secondary N) is 1. The Morgan fingerprint density at radius 2 is 1.82 bits per heavy atom. The van der Waals surface area contributed by atoms with Crippen LogP contribution in [0.15, 0.2) is 61.2 Å². The van der Waals surface area contributed by atoms with Gasteiger partial charge in [0.05, 0.1) is 12.3 Å². The molecule has 0 aliphatic heterocycles. The van der Waals surface area contributed by atoms with Gasteiger partial charge in [-0.05, 0) is 42.8 Å². The highest BCUT2D eigenvalue weighted by atomic mass is 19.1. The minimum absolute atomic E-state index is 0.0112. The second-order valence-corrected chi connectivity index (χ2v) is 5.77. The van der Waals surface area contributed by atoms with Crippen LogP contribution in [0.4, 0.5) is 10.1 Å². The van der Waals surface area contributed by atoms with E-state index in [0.29, 0.717) is 0 Å². The van der Waals surface area contributed by atoms with Crippen LogP contribution in [0.25, 0.3) is 0 Å². The molecule has 0 heterocycles. The Kier molecular flexibility index (Phi) is 7.45. The summed E-state index contributed by atoms with van der Waals surface area (Å²) in [5, 5.41) is 2.63. The van der Waals surface area contributed by atoms with E-state index in [1.54, 1.807) is 37.3 Å². The fourth-order valence-electron chi connectivity index (χ4n) is 2.46. The third kappa shape index (κ3) is 5.51. The maximum absolute atomic E-state index is 14.2. The molecule has 7 heteroatoms. The molecule has 0 aromatic heterocycles. The van der Waals surface area contributed by atoms with Crippen molar-refractivity contribution in [3.05, 3.63) is 78.1 Å². The number of hydrogen-bond acceptors (Lipinski definition) is 4. The number of esters is 1. The Bertz CT molecular complexity index is 865. The van der Waals surface area contributed by atoms with Gasteiger partial charge in [-0.3, -0.25) is 19.3 Å². The molecule has 2 aromatic rings. The Morgan fingerprint density at radius 1 is 1.14 bits per heavy atom. The number of carbonyl (C=O) groups excluding carboxylic acids is 3. The highest BCUT2D eigenvalue weighted by Gasteiger charge is 2.23. The SMILES string of the molecule is C=CC(=O)NCc1ccc(C(=O)N(CC(=O)OCC)c2ccccc2F)cc1. The molecule has 0 unspecified atom stereocenters. The van der Waals surface area contributed by atoms with Gasteiger partial charge in [-0.2, -0.15) is 0 Å². The van der Waals surface area contributed by atoms with Crippen LogP contribution in [-0.4, -0.2) is 30.9 Å². The smallest absolute Gasteiger partial charge is 0.326 e. The van der Waals surface area contributed by atoms with Gasteiger partial charge in [-0.25, -0.2) is 4.39 Å². The fraction of sp³-hybridized carbons (Fsp3) is 0.190. The maximum atomic E-state index is 14.2. The number of rotatable bonds is 8. The van der Waals surface area contributed by atoms with E-state index in [4.69, 9.17) is 4.74 Å². The number of anilines is 1. The lowest BCUT2D eigenvalue weighted by Gasteiger charge is -2.22. The number of nitrogens with zero attached hydrogens (tertiary/aromatic N) is 1. The zero-order valence-corrected chi connectivity index (χ0v) is 15.5. The van der Waals surface area contributed by atoms with E-state index >= 15 is 0 Å². The number of hydrogen-bond donors (Lipinski definition) is 1. The first-order valence-corrected chi connectivity index (χ1v) is 8.67. The minimum atomic E-state index is -0.636. The molecule has 2 aromatic carbocycles. The number of para-hydroxylation sites is 1. The van der Waals surface area contributed by atoms with E-state index in [-0.39, 0.29) is 30.3 Å². The van der Waals surface area contributed by atoms with E-state index in [9.17, 15) is 18.8 Å². The lowest BCUT2D eigenvalue weighted by Crippen LogP contribution is -2.37. The molecule has 0 atom stereocenters. The van der Waals surface area contributed by atoms with Gasteiger partial charge in [0, 0.05) is 12.1 Å². The van der Waals surface area contributed by atoms with Crippen molar-refractivity contribution in [2.75, 3.05) is 18.1 Å². The normalized spacial score (nSPS) is 10.1. The molecular formula is C21H21FN2O4. The second kappa shape index (κ2) is 10.0. The van der Waals surface area contributed by atoms with Crippen molar-refractivity contribution in [3.8, 4) is 0 Å². The summed E-state index contributed by atoms with van der Waals surface area (Å²) in [4.78, 5) is 37.1. The highest BCUT2D eigenvalue weighted by Crippen LogP contribution is 2.21. The lowest BCUT2D eigenvalue weighted by atomic mass is 10.1. The Balaban J connectivity index is 2.24. The summed E-state index contributed by atoms with van der Waals surface area (Å²) in [6.07, 6.45) is 1.17. The zero-order valence-electron chi connectivity index (χ0n) is 15.5. The van der Waals surface area contributed by atoms with E-state index in [1.807, 2.05) is 0 Å². The van der Waals surface area contributed by atoms with Gasteiger partial charge in [-0.1, -0.05) is 30.8 Å². The summed E-state index contributed by atoms with van der Waals surface area (Å²) in [5.74, 6) is -2.10. The van der Waals surface area contributed by atoms with Crippen LogP contribution >= 0.6 is 0 Å². The molecule has 1 N–H and O–H groups in total. The average Bonchev–Trinajstić information content (AvgIpc) is 2.71. The van der Waals surface area contributed by atoms with Crippen LogP contribution in [0.5, 0.6) is 0 Å².